The molecule has 2 amide bonds. The smallest absolute Gasteiger partial charge is 0.329 e. The van der Waals surface area contributed by atoms with Gasteiger partial charge >= 0.3 is 5.69 Å². The number of aromatic nitrogens is 6. The lowest BCUT2D eigenvalue weighted by atomic mass is 9.95. The Hall–Kier alpha value is -5.79. The number of piperazine rings is 1. The Morgan fingerprint density at radius 1 is 0.964 bits per heavy atom. The number of rotatable bonds is 8. The predicted molar refractivity (Wildman–Crippen MR) is 218 cm³/mol. The number of imide groups is 1. The number of piperidine rings is 2. The summed E-state index contributed by atoms with van der Waals surface area (Å²) in [4.78, 5) is 53.2. The van der Waals surface area contributed by atoms with Crippen LogP contribution < -0.4 is 26.1 Å². The van der Waals surface area contributed by atoms with Gasteiger partial charge in [0.1, 0.15) is 6.04 Å². The molecule has 7 heterocycles. The van der Waals surface area contributed by atoms with E-state index in [1.807, 2.05) is 36.5 Å². The highest BCUT2D eigenvalue weighted by Crippen LogP contribution is 2.39. The number of carbonyl (C=O) groups excluding carboxylic acids is 2. The molecule has 3 N–H and O–H groups in total. The Morgan fingerprint density at radius 3 is 2.52 bits per heavy atom. The maximum absolute atomic E-state index is 13.2. The van der Waals surface area contributed by atoms with Crippen LogP contribution in [-0.2, 0) is 16.6 Å². The number of nitriles is 1. The Balaban J connectivity index is 0.823. The third-order valence-corrected chi connectivity index (χ3v) is 12.6. The number of fused-ring (bicyclic) bond motifs is 4. The molecule has 2 aromatic carbocycles. The molecule has 3 aliphatic rings. The predicted octanol–water partition coefficient (Wildman–Crippen LogP) is 4.60. The lowest BCUT2D eigenvalue weighted by molar-refractivity contribution is -0.135. The SMILES string of the molecule is CC(C)Nc1c(-c2nnc(N3CCN(CC4CCN(c5ccc6c(c5)n(C)c(=O)n6C5CCC(=O)NC5=O)CC4)CC3)s2)cnc2c1[nH]c1cc(C#N)ccc12. The van der Waals surface area contributed by atoms with Crippen LogP contribution in [0.3, 0.4) is 0 Å². The number of imidazole rings is 1. The van der Waals surface area contributed by atoms with Crippen LogP contribution in [0.15, 0.2) is 47.4 Å². The molecule has 0 spiro atoms. The van der Waals surface area contributed by atoms with E-state index < -0.39 is 11.9 Å². The summed E-state index contributed by atoms with van der Waals surface area (Å²) >= 11 is 1.59. The summed E-state index contributed by atoms with van der Waals surface area (Å²) in [6.45, 7) is 10.9. The van der Waals surface area contributed by atoms with E-state index in [-0.39, 0.29) is 24.1 Å². The molecule has 56 heavy (non-hydrogen) atoms. The summed E-state index contributed by atoms with van der Waals surface area (Å²) in [5.41, 5.74) is 7.41. The number of H-pyrrole nitrogens is 1. The van der Waals surface area contributed by atoms with Gasteiger partial charge in [-0.15, -0.1) is 10.2 Å². The van der Waals surface area contributed by atoms with Crippen molar-refractivity contribution in [1.29, 1.82) is 5.26 Å². The molecule has 15 nitrogen and oxygen atoms in total. The average molecular weight is 773 g/mol. The molecule has 9 rings (SSSR count). The molecule has 1 unspecified atom stereocenters. The molecule has 0 radical (unpaired) electrons. The van der Waals surface area contributed by atoms with Crippen LogP contribution in [0.4, 0.5) is 16.5 Å². The second-order valence-electron chi connectivity index (χ2n) is 15.5. The molecule has 16 heteroatoms. The van der Waals surface area contributed by atoms with E-state index in [1.54, 1.807) is 23.0 Å². The summed E-state index contributed by atoms with van der Waals surface area (Å²) in [7, 11) is 1.74. The van der Waals surface area contributed by atoms with Crippen molar-refractivity contribution < 1.29 is 9.59 Å². The maximum Gasteiger partial charge on any atom is 0.329 e. The largest absolute Gasteiger partial charge is 0.381 e. The molecule has 1 atom stereocenters. The van der Waals surface area contributed by atoms with Crippen LogP contribution in [-0.4, -0.2) is 97.9 Å². The lowest BCUT2D eigenvalue weighted by Crippen LogP contribution is -2.49. The second kappa shape index (κ2) is 14.4. The number of hydrogen-bond acceptors (Lipinski definition) is 12. The molecule has 0 bridgehead atoms. The minimum atomic E-state index is -0.685. The molecule has 6 aromatic rings. The summed E-state index contributed by atoms with van der Waals surface area (Å²) in [5.74, 6) is -0.104. The number of amides is 2. The third-order valence-electron chi connectivity index (χ3n) is 11.6. The first kappa shape index (κ1) is 35.9. The van der Waals surface area contributed by atoms with Gasteiger partial charge in [-0.2, -0.15) is 5.26 Å². The van der Waals surface area contributed by atoms with Crippen LogP contribution in [0, 0.1) is 17.2 Å². The van der Waals surface area contributed by atoms with Crippen LogP contribution in [0.2, 0.25) is 0 Å². The van der Waals surface area contributed by atoms with E-state index in [0.717, 1.165) is 113 Å². The van der Waals surface area contributed by atoms with Crippen molar-refractivity contribution in [3.63, 3.8) is 0 Å². The molecule has 3 fully saturated rings. The molecule has 3 saturated heterocycles. The lowest BCUT2D eigenvalue weighted by Gasteiger charge is -2.39. The van der Waals surface area contributed by atoms with Crippen LogP contribution in [0.5, 0.6) is 0 Å². The fraction of sp³-hybridized carbons (Fsp3) is 0.425. The topological polar surface area (TPSA) is 173 Å². The number of anilines is 3. The maximum atomic E-state index is 13.2. The fourth-order valence-corrected chi connectivity index (χ4v) is 9.50. The van der Waals surface area contributed by atoms with Gasteiger partial charge < -0.3 is 20.1 Å². The number of nitrogens with one attached hydrogen (secondary N) is 3. The zero-order valence-corrected chi connectivity index (χ0v) is 32.5. The van der Waals surface area contributed by atoms with E-state index >= 15 is 0 Å². The monoisotopic (exact) mass is 772 g/mol. The van der Waals surface area contributed by atoms with Gasteiger partial charge in [0.15, 0.2) is 5.01 Å². The van der Waals surface area contributed by atoms with Crippen LogP contribution in [0.25, 0.3) is 43.5 Å². The molecule has 4 aromatic heterocycles. The van der Waals surface area contributed by atoms with Crippen molar-refractivity contribution in [1.82, 2.24) is 39.5 Å². The number of benzene rings is 2. The number of aryl methyl sites for hydroxylation is 1. The number of pyridine rings is 1. The van der Waals surface area contributed by atoms with Crippen molar-refractivity contribution in [2.24, 2.45) is 13.0 Å². The minimum absolute atomic E-state index is 0.182. The molecule has 0 aliphatic carbocycles. The van der Waals surface area contributed by atoms with Crippen molar-refractivity contribution in [3.8, 4) is 16.6 Å². The third kappa shape index (κ3) is 6.44. The van der Waals surface area contributed by atoms with Gasteiger partial charge in [0.2, 0.25) is 16.9 Å². The summed E-state index contributed by atoms with van der Waals surface area (Å²) < 4.78 is 3.14. The first-order valence-corrected chi connectivity index (χ1v) is 20.2. The molecule has 3 aliphatic heterocycles. The number of nitrogens with zero attached hydrogens (tertiary/aromatic N) is 9. The van der Waals surface area contributed by atoms with E-state index in [2.05, 4.69) is 66.5 Å². The van der Waals surface area contributed by atoms with Gasteiger partial charge in [0, 0.05) is 88.1 Å². The zero-order chi connectivity index (χ0) is 38.7. The van der Waals surface area contributed by atoms with Gasteiger partial charge in [-0.1, -0.05) is 11.3 Å². The first-order valence-electron chi connectivity index (χ1n) is 19.4. The Bertz CT molecular complexity index is 2600. The Labute approximate surface area is 326 Å². The van der Waals surface area contributed by atoms with Crippen molar-refractivity contribution in [2.75, 3.05) is 60.9 Å². The normalized spacial score (nSPS) is 18.7. The highest BCUT2D eigenvalue weighted by Gasteiger charge is 2.32. The molecule has 288 valence electrons. The summed E-state index contributed by atoms with van der Waals surface area (Å²) in [6, 6.07) is 13.4. The summed E-state index contributed by atoms with van der Waals surface area (Å²) in [5, 5.41) is 27.4. The standard InChI is InChI=1S/C40H44N12O3S/c1-23(2)43-35-28(21-42-34-27-6-4-25(20-41)18-29(27)44-36(34)35)38-46-47-39(56-38)51-16-14-49(15-17-51)22-24-10-12-50(13-11-24)26-5-7-30-32(19-26)48(3)40(55)52(30)31-8-9-33(53)45-37(31)54/h4-7,18-19,21,23-24,31,44H,8-17,22H2,1-3H3,(H,42,43)(H,45,53,54). The van der Waals surface area contributed by atoms with Gasteiger partial charge in [-0.25, -0.2) is 4.79 Å². The van der Waals surface area contributed by atoms with Crippen LogP contribution in [0.1, 0.15) is 51.1 Å². The zero-order valence-electron chi connectivity index (χ0n) is 31.7. The first-order chi connectivity index (χ1) is 27.1. The second-order valence-corrected chi connectivity index (χ2v) is 16.5. The van der Waals surface area contributed by atoms with Crippen LogP contribution >= 0.6 is 11.3 Å². The quantitative estimate of drug-likeness (QED) is 0.185. The van der Waals surface area contributed by atoms with Crippen molar-refractivity contribution in [2.45, 2.75) is 51.6 Å². The number of aromatic amines is 1. The average Bonchev–Trinajstić information content (AvgIpc) is 3.90. The minimum Gasteiger partial charge on any atom is -0.381 e. The van der Waals surface area contributed by atoms with E-state index in [1.165, 1.54) is 4.57 Å². The highest BCUT2D eigenvalue weighted by molar-refractivity contribution is 7.18. The fourth-order valence-electron chi connectivity index (χ4n) is 8.59. The van der Waals surface area contributed by atoms with E-state index in [0.29, 0.717) is 23.4 Å². The highest BCUT2D eigenvalue weighted by atomic mass is 32.1. The number of carbonyl (C=O) groups is 2. The van der Waals surface area contributed by atoms with Crippen molar-refractivity contribution in [3.05, 3.63) is 58.6 Å². The molecule has 0 saturated carbocycles. The van der Waals surface area contributed by atoms with E-state index in [4.69, 9.17) is 4.98 Å². The molecular formula is C40H44N12O3S. The number of hydrogen-bond donors (Lipinski definition) is 3. The van der Waals surface area contributed by atoms with Gasteiger partial charge in [-0.3, -0.25) is 33.9 Å². The Morgan fingerprint density at radius 2 is 1.77 bits per heavy atom. The van der Waals surface area contributed by atoms with Gasteiger partial charge in [0.25, 0.3) is 0 Å². The van der Waals surface area contributed by atoms with Gasteiger partial charge in [-0.05, 0) is 75.4 Å². The van der Waals surface area contributed by atoms with E-state index in [9.17, 15) is 19.6 Å². The van der Waals surface area contributed by atoms with Crippen molar-refractivity contribution >= 4 is 72.6 Å². The van der Waals surface area contributed by atoms with Gasteiger partial charge in [0.05, 0.1) is 45.0 Å². The molecular weight excluding hydrogens is 729 g/mol. The summed E-state index contributed by atoms with van der Waals surface area (Å²) in [6.07, 6.45) is 4.61. The Kier molecular flexibility index (Phi) is 9.21.